The van der Waals surface area contributed by atoms with E-state index in [1.54, 1.807) is 6.20 Å². The monoisotopic (exact) mass is 444 g/mol. The highest BCUT2D eigenvalue weighted by Crippen LogP contribution is 2.62. The van der Waals surface area contributed by atoms with Gasteiger partial charge in [-0.1, -0.05) is 0 Å². The number of nitrogen functional groups attached to an aromatic ring is 1. The molecule has 0 spiro atoms. The summed E-state index contributed by atoms with van der Waals surface area (Å²) >= 11 is 0. The van der Waals surface area contributed by atoms with Crippen LogP contribution in [0, 0.1) is 11.8 Å². The second-order valence-electron chi connectivity index (χ2n) is 9.93. The highest BCUT2D eigenvalue weighted by atomic mass is 19.3. The number of hydrogen-bond acceptors (Lipinski definition) is 6. The lowest BCUT2D eigenvalue weighted by molar-refractivity contribution is -0.0494. The Morgan fingerprint density at radius 1 is 1.12 bits per heavy atom. The molecule has 3 aliphatic carbocycles. The number of aromatic nitrogens is 3. The number of likely N-dealkylation sites (N-methyl/N-ethyl adjacent to an activating group) is 1. The summed E-state index contributed by atoms with van der Waals surface area (Å²) in [5, 5.41) is 0. The first-order valence-electron chi connectivity index (χ1n) is 11.7. The van der Waals surface area contributed by atoms with Gasteiger partial charge in [-0.25, -0.2) is 9.97 Å². The standard InChI is InChI=1S/C23H30F2N6O/c1-29-4-6-30(7-5-29)15-9-16-17(10-15)20(16)31-12-18(28-22(31)13-2-3-13)14-8-19(32-23(24)25)21(26)27-11-14/h8,11-13,15-17,20,23H,2-7,9-10H2,1H3,(H2,26,27)/t15?,16-,17+,20+. The molecular formula is C23H30F2N6O. The smallest absolute Gasteiger partial charge is 0.387 e. The molecule has 0 aromatic carbocycles. The molecule has 3 saturated carbocycles. The van der Waals surface area contributed by atoms with E-state index in [1.165, 1.54) is 57.9 Å². The largest absolute Gasteiger partial charge is 0.431 e. The van der Waals surface area contributed by atoms with Gasteiger partial charge in [0.2, 0.25) is 0 Å². The van der Waals surface area contributed by atoms with Crippen molar-refractivity contribution < 1.29 is 13.5 Å². The Morgan fingerprint density at radius 2 is 1.84 bits per heavy atom. The summed E-state index contributed by atoms with van der Waals surface area (Å²) in [7, 11) is 2.20. The molecule has 1 saturated heterocycles. The summed E-state index contributed by atoms with van der Waals surface area (Å²) in [5.74, 6) is 2.96. The van der Waals surface area contributed by atoms with Crippen LogP contribution in [0.1, 0.15) is 43.5 Å². The molecule has 4 atom stereocenters. The molecular weight excluding hydrogens is 414 g/mol. The number of hydrogen-bond donors (Lipinski definition) is 1. The van der Waals surface area contributed by atoms with Gasteiger partial charge in [-0.05, 0) is 50.6 Å². The molecule has 172 valence electrons. The maximum absolute atomic E-state index is 12.7. The van der Waals surface area contributed by atoms with Crippen molar-refractivity contribution in [2.75, 3.05) is 39.0 Å². The first-order chi connectivity index (χ1) is 15.5. The molecule has 1 unspecified atom stereocenters. The number of piperazine rings is 1. The Labute approximate surface area is 186 Å². The predicted molar refractivity (Wildman–Crippen MR) is 117 cm³/mol. The molecule has 0 radical (unpaired) electrons. The van der Waals surface area contributed by atoms with Crippen molar-refractivity contribution >= 4 is 5.82 Å². The van der Waals surface area contributed by atoms with Crippen LogP contribution in [0.15, 0.2) is 18.5 Å². The van der Waals surface area contributed by atoms with Gasteiger partial charge in [0.05, 0.1) is 5.69 Å². The number of pyridine rings is 1. The van der Waals surface area contributed by atoms with Crippen LogP contribution in [-0.2, 0) is 0 Å². The summed E-state index contributed by atoms with van der Waals surface area (Å²) in [6, 6.07) is 2.77. The number of nitrogens with zero attached hydrogens (tertiary/aromatic N) is 5. The van der Waals surface area contributed by atoms with E-state index in [0.717, 1.165) is 29.4 Å². The van der Waals surface area contributed by atoms with E-state index in [-0.39, 0.29) is 11.6 Å². The highest BCUT2D eigenvalue weighted by molar-refractivity contribution is 5.64. The Hall–Kier alpha value is -2.26. The summed E-state index contributed by atoms with van der Waals surface area (Å²) in [6.07, 6.45) is 8.57. The van der Waals surface area contributed by atoms with Gasteiger partial charge in [-0.3, -0.25) is 4.90 Å². The molecule has 1 aliphatic heterocycles. The number of nitrogens with two attached hydrogens (primary N) is 1. The van der Waals surface area contributed by atoms with Crippen molar-refractivity contribution in [3.8, 4) is 17.0 Å². The van der Waals surface area contributed by atoms with E-state index in [1.807, 2.05) is 0 Å². The van der Waals surface area contributed by atoms with Crippen LogP contribution in [-0.4, -0.2) is 70.2 Å². The van der Waals surface area contributed by atoms with Crippen LogP contribution in [0.3, 0.4) is 0 Å². The molecule has 3 heterocycles. The second kappa shape index (κ2) is 7.66. The van der Waals surface area contributed by atoms with Gasteiger partial charge < -0.3 is 19.9 Å². The summed E-state index contributed by atoms with van der Waals surface area (Å²) < 4.78 is 32.4. The molecule has 2 aromatic heterocycles. The van der Waals surface area contributed by atoms with E-state index in [9.17, 15) is 8.78 Å². The van der Waals surface area contributed by atoms with Crippen molar-refractivity contribution in [2.45, 2.75) is 50.3 Å². The molecule has 0 amide bonds. The van der Waals surface area contributed by atoms with E-state index in [0.29, 0.717) is 17.5 Å². The third-order valence-corrected chi connectivity index (χ3v) is 7.85. The first kappa shape index (κ1) is 20.4. The molecule has 4 fully saturated rings. The minimum atomic E-state index is -2.94. The van der Waals surface area contributed by atoms with Crippen LogP contribution < -0.4 is 10.5 Å². The molecule has 0 bridgehead atoms. The fraction of sp³-hybridized carbons (Fsp3) is 0.652. The van der Waals surface area contributed by atoms with E-state index < -0.39 is 6.61 Å². The van der Waals surface area contributed by atoms with Crippen LogP contribution in [0.4, 0.5) is 14.6 Å². The maximum Gasteiger partial charge on any atom is 0.387 e. The molecule has 32 heavy (non-hydrogen) atoms. The second-order valence-corrected chi connectivity index (χ2v) is 9.93. The minimum Gasteiger partial charge on any atom is -0.431 e. The Morgan fingerprint density at radius 3 is 2.50 bits per heavy atom. The third kappa shape index (κ3) is 3.65. The topological polar surface area (TPSA) is 72.4 Å². The van der Waals surface area contributed by atoms with Crippen LogP contribution >= 0.6 is 0 Å². The first-order valence-corrected chi connectivity index (χ1v) is 11.7. The fourth-order valence-corrected chi connectivity index (χ4v) is 5.89. The Balaban J connectivity index is 1.21. The summed E-state index contributed by atoms with van der Waals surface area (Å²) in [6.45, 7) is 1.76. The number of imidazole rings is 1. The summed E-state index contributed by atoms with van der Waals surface area (Å²) in [4.78, 5) is 14.1. The maximum atomic E-state index is 12.7. The number of alkyl halides is 2. The number of rotatable bonds is 6. The molecule has 4 aliphatic rings. The van der Waals surface area contributed by atoms with Gasteiger partial charge in [0.1, 0.15) is 5.82 Å². The lowest BCUT2D eigenvalue weighted by Crippen LogP contribution is -2.48. The van der Waals surface area contributed by atoms with Crippen molar-refractivity contribution in [3.05, 3.63) is 24.3 Å². The normalized spacial score (nSPS) is 30.6. The van der Waals surface area contributed by atoms with Crippen molar-refractivity contribution in [1.82, 2.24) is 24.3 Å². The van der Waals surface area contributed by atoms with Gasteiger partial charge >= 0.3 is 6.61 Å². The lowest BCUT2D eigenvalue weighted by atomic mass is 10.1. The zero-order valence-electron chi connectivity index (χ0n) is 18.3. The average molecular weight is 445 g/mol. The van der Waals surface area contributed by atoms with Gasteiger partial charge in [0.25, 0.3) is 0 Å². The molecule has 6 rings (SSSR count). The lowest BCUT2D eigenvalue weighted by Gasteiger charge is -2.37. The SMILES string of the molecule is CN1CCN(C2C[C@@H]3[C@H](C2)[C@H]3n2cc(-c3cnc(N)c(OC(F)F)c3)nc2C2CC2)CC1. The van der Waals surface area contributed by atoms with E-state index in [2.05, 4.69) is 37.3 Å². The number of halogens is 2. The van der Waals surface area contributed by atoms with Gasteiger partial charge in [0, 0.05) is 62.1 Å². The van der Waals surface area contributed by atoms with Crippen molar-refractivity contribution in [2.24, 2.45) is 11.8 Å². The third-order valence-electron chi connectivity index (χ3n) is 7.85. The zero-order valence-corrected chi connectivity index (χ0v) is 18.3. The zero-order chi connectivity index (χ0) is 22.0. The number of fused-ring (bicyclic) bond motifs is 1. The Kier molecular flexibility index (Phi) is 4.87. The molecule has 9 heteroatoms. The van der Waals surface area contributed by atoms with E-state index >= 15 is 0 Å². The van der Waals surface area contributed by atoms with E-state index in [4.69, 9.17) is 10.7 Å². The highest BCUT2D eigenvalue weighted by Gasteiger charge is 2.58. The minimum absolute atomic E-state index is 0.0393. The van der Waals surface area contributed by atoms with Gasteiger partial charge in [0.15, 0.2) is 11.6 Å². The molecule has 2 aromatic rings. The van der Waals surface area contributed by atoms with Gasteiger partial charge in [-0.15, -0.1) is 0 Å². The molecule has 7 nitrogen and oxygen atoms in total. The summed E-state index contributed by atoms with van der Waals surface area (Å²) in [5.41, 5.74) is 7.14. The van der Waals surface area contributed by atoms with Crippen molar-refractivity contribution in [1.29, 1.82) is 0 Å². The van der Waals surface area contributed by atoms with Crippen molar-refractivity contribution in [3.63, 3.8) is 0 Å². The molecule has 2 N–H and O–H groups in total. The van der Waals surface area contributed by atoms with Crippen LogP contribution in [0.5, 0.6) is 5.75 Å². The van der Waals surface area contributed by atoms with Crippen LogP contribution in [0.2, 0.25) is 0 Å². The van der Waals surface area contributed by atoms with Crippen LogP contribution in [0.25, 0.3) is 11.3 Å². The quantitative estimate of drug-likeness (QED) is 0.738. The van der Waals surface area contributed by atoms with Gasteiger partial charge in [-0.2, -0.15) is 8.78 Å². The predicted octanol–water partition coefficient (Wildman–Crippen LogP) is 3.20. The number of anilines is 1. The Bertz CT molecular complexity index is 988. The fourth-order valence-electron chi connectivity index (χ4n) is 5.89. The number of ether oxygens (including phenoxy) is 1. The average Bonchev–Trinajstić information content (AvgIpc) is 3.64.